The van der Waals surface area contributed by atoms with Crippen molar-refractivity contribution >= 4 is 17.4 Å². The lowest BCUT2D eigenvalue weighted by Crippen LogP contribution is -2.50. The Morgan fingerprint density at radius 1 is 0.880 bits per heavy atom. The van der Waals surface area contributed by atoms with Gasteiger partial charge in [0, 0.05) is 31.9 Å². The van der Waals surface area contributed by atoms with Gasteiger partial charge in [0.05, 0.1) is 14.2 Å². The van der Waals surface area contributed by atoms with E-state index >= 15 is 0 Å². The number of urea groups is 1. The van der Waals surface area contributed by atoms with Gasteiger partial charge in [-0.15, -0.1) is 0 Å². The number of para-hydroxylation sites is 2. The van der Waals surface area contributed by atoms with Crippen LogP contribution in [0.4, 0.5) is 16.2 Å². The number of hydrogen-bond donors (Lipinski definition) is 1. The first kappa shape index (κ1) is 17.0. The van der Waals surface area contributed by atoms with Gasteiger partial charge in [-0.1, -0.05) is 24.3 Å². The van der Waals surface area contributed by atoms with Crippen molar-refractivity contribution in [2.45, 2.75) is 0 Å². The van der Waals surface area contributed by atoms with Gasteiger partial charge in [0.2, 0.25) is 0 Å². The zero-order valence-corrected chi connectivity index (χ0v) is 14.6. The molecule has 1 aliphatic rings. The highest BCUT2D eigenvalue weighted by Crippen LogP contribution is 2.34. The summed E-state index contributed by atoms with van der Waals surface area (Å²) < 4.78 is 10.7. The third-order valence-corrected chi connectivity index (χ3v) is 4.35. The number of rotatable bonds is 4. The number of nitrogens with zero attached hydrogens (tertiary/aromatic N) is 2. The number of anilines is 2. The van der Waals surface area contributed by atoms with Crippen LogP contribution >= 0.6 is 0 Å². The third kappa shape index (κ3) is 3.79. The van der Waals surface area contributed by atoms with Crippen LogP contribution in [0.5, 0.6) is 11.5 Å². The largest absolute Gasteiger partial charge is 0.494 e. The monoisotopic (exact) mass is 341 g/mol. The molecule has 1 fully saturated rings. The van der Waals surface area contributed by atoms with Crippen LogP contribution in [-0.2, 0) is 0 Å². The highest BCUT2D eigenvalue weighted by Gasteiger charge is 2.23. The van der Waals surface area contributed by atoms with Gasteiger partial charge in [0.1, 0.15) is 17.2 Å². The molecule has 2 aromatic rings. The highest BCUT2D eigenvalue weighted by molar-refractivity contribution is 5.93. The molecule has 1 N–H and O–H groups in total. The summed E-state index contributed by atoms with van der Waals surface area (Å²) in [6, 6.07) is 15.5. The quantitative estimate of drug-likeness (QED) is 0.929. The van der Waals surface area contributed by atoms with E-state index in [9.17, 15) is 4.79 Å². The molecule has 3 rings (SSSR count). The third-order valence-electron chi connectivity index (χ3n) is 4.35. The Morgan fingerprint density at radius 2 is 1.48 bits per heavy atom. The predicted molar refractivity (Wildman–Crippen MR) is 98.8 cm³/mol. The topological polar surface area (TPSA) is 54.0 Å². The van der Waals surface area contributed by atoms with E-state index in [2.05, 4.69) is 22.3 Å². The van der Waals surface area contributed by atoms with Crippen molar-refractivity contribution in [1.82, 2.24) is 4.90 Å². The van der Waals surface area contributed by atoms with Crippen molar-refractivity contribution in [3.8, 4) is 11.5 Å². The van der Waals surface area contributed by atoms with Crippen LogP contribution in [0.15, 0.2) is 48.5 Å². The number of ether oxygens (including phenoxy) is 2. The van der Waals surface area contributed by atoms with Gasteiger partial charge in [0.15, 0.2) is 0 Å². The standard InChI is InChI=1S/C19H23N3O3/c1-24-16-9-6-10-17(25-2)18(16)20-19(23)22-13-11-21(12-14-22)15-7-4-3-5-8-15/h3-10H,11-14H2,1-2H3,(H,20,23). The van der Waals surface area contributed by atoms with E-state index in [-0.39, 0.29) is 6.03 Å². The molecule has 1 heterocycles. The van der Waals surface area contributed by atoms with Gasteiger partial charge in [-0.2, -0.15) is 0 Å². The predicted octanol–water partition coefficient (Wildman–Crippen LogP) is 3.06. The molecule has 132 valence electrons. The highest BCUT2D eigenvalue weighted by atomic mass is 16.5. The second-order valence-electron chi connectivity index (χ2n) is 5.78. The molecule has 1 aliphatic heterocycles. The molecule has 6 nitrogen and oxygen atoms in total. The average molecular weight is 341 g/mol. The van der Waals surface area contributed by atoms with Crippen molar-refractivity contribution in [2.24, 2.45) is 0 Å². The summed E-state index contributed by atoms with van der Waals surface area (Å²) in [5.74, 6) is 1.16. The fourth-order valence-corrected chi connectivity index (χ4v) is 2.97. The fraction of sp³-hybridized carbons (Fsp3) is 0.316. The molecule has 2 aromatic carbocycles. The fourth-order valence-electron chi connectivity index (χ4n) is 2.97. The first-order valence-corrected chi connectivity index (χ1v) is 8.30. The van der Waals surface area contributed by atoms with Crippen molar-refractivity contribution in [3.63, 3.8) is 0 Å². The van der Waals surface area contributed by atoms with Gasteiger partial charge in [-0.05, 0) is 24.3 Å². The molecule has 0 spiro atoms. The van der Waals surface area contributed by atoms with Crippen LogP contribution in [-0.4, -0.2) is 51.3 Å². The Morgan fingerprint density at radius 3 is 2.04 bits per heavy atom. The second kappa shape index (κ2) is 7.79. The normalized spacial score (nSPS) is 14.2. The Kier molecular flexibility index (Phi) is 5.28. The smallest absolute Gasteiger partial charge is 0.322 e. The minimum atomic E-state index is -0.143. The summed E-state index contributed by atoms with van der Waals surface area (Å²) in [5.41, 5.74) is 1.75. The minimum absolute atomic E-state index is 0.143. The summed E-state index contributed by atoms with van der Waals surface area (Å²) in [5, 5.41) is 2.92. The Labute approximate surface area is 147 Å². The SMILES string of the molecule is COc1cccc(OC)c1NC(=O)N1CCN(c2ccccc2)CC1. The second-order valence-corrected chi connectivity index (χ2v) is 5.78. The molecular formula is C19H23N3O3. The lowest BCUT2D eigenvalue weighted by molar-refractivity contribution is 0.208. The van der Waals surface area contributed by atoms with E-state index in [1.807, 2.05) is 29.2 Å². The number of piperazine rings is 1. The molecule has 6 heteroatoms. The Balaban J connectivity index is 1.64. The van der Waals surface area contributed by atoms with Gasteiger partial charge < -0.3 is 24.6 Å². The van der Waals surface area contributed by atoms with Crippen LogP contribution in [0.3, 0.4) is 0 Å². The zero-order chi connectivity index (χ0) is 17.6. The zero-order valence-electron chi connectivity index (χ0n) is 14.6. The van der Waals surface area contributed by atoms with Crippen LogP contribution in [0.1, 0.15) is 0 Å². The lowest BCUT2D eigenvalue weighted by atomic mass is 10.2. The Bertz CT molecular complexity index is 691. The first-order valence-electron chi connectivity index (χ1n) is 8.30. The number of carbonyl (C=O) groups excluding carboxylic acids is 1. The summed E-state index contributed by atoms with van der Waals surface area (Å²) in [6.45, 7) is 2.94. The molecule has 25 heavy (non-hydrogen) atoms. The molecular weight excluding hydrogens is 318 g/mol. The van der Waals surface area contributed by atoms with Gasteiger partial charge in [-0.25, -0.2) is 4.79 Å². The molecule has 0 aliphatic carbocycles. The van der Waals surface area contributed by atoms with E-state index in [0.717, 1.165) is 13.1 Å². The number of benzene rings is 2. The molecule has 0 aromatic heterocycles. The molecule has 0 radical (unpaired) electrons. The maximum Gasteiger partial charge on any atom is 0.322 e. The number of nitrogens with one attached hydrogen (secondary N) is 1. The summed E-state index contributed by atoms with van der Waals surface area (Å²) in [6.07, 6.45) is 0. The first-order chi connectivity index (χ1) is 12.2. The van der Waals surface area contributed by atoms with Crippen molar-refractivity contribution < 1.29 is 14.3 Å². The van der Waals surface area contributed by atoms with E-state index in [0.29, 0.717) is 30.3 Å². The van der Waals surface area contributed by atoms with Gasteiger partial charge in [0.25, 0.3) is 0 Å². The van der Waals surface area contributed by atoms with E-state index < -0.39 is 0 Å². The number of methoxy groups -OCH3 is 2. The van der Waals surface area contributed by atoms with Crippen molar-refractivity contribution in [2.75, 3.05) is 50.6 Å². The molecule has 0 saturated carbocycles. The summed E-state index contributed by atoms with van der Waals surface area (Å²) >= 11 is 0. The van der Waals surface area contributed by atoms with Crippen LogP contribution in [0.25, 0.3) is 0 Å². The van der Waals surface area contributed by atoms with E-state index in [1.165, 1.54) is 5.69 Å². The lowest BCUT2D eigenvalue weighted by Gasteiger charge is -2.36. The Hall–Kier alpha value is -2.89. The van der Waals surface area contributed by atoms with E-state index in [4.69, 9.17) is 9.47 Å². The van der Waals surface area contributed by atoms with Crippen LogP contribution < -0.4 is 19.7 Å². The van der Waals surface area contributed by atoms with E-state index in [1.54, 1.807) is 26.4 Å². The average Bonchev–Trinajstić information content (AvgIpc) is 2.69. The molecule has 0 unspecified atom stereocenters. The van der Waals surface area contributed by atoms with Crippen LogP contribution in [0, 0.1) is 0 Å². The minimum Gasteiger partial charge on any atom is -0.494 e. The number of hydrogen-bond acceptors (Lipinski definition) is 4. The number of amides is 2. The number of carbonyl (C=O) groups is 1. The summed E-state index contributed by atoms with van der Waals surface area (Å²) in [4.78, 5) is 16.7. The molecule has 0 bridgehead atoms. The van der Waals surface area contributed by atoms with Crippen LogP contribution in [0.2, 0.25) is 0 Å². The van der Waals surface area contributed by atoms with Gasteiger partial charge >= 0.3 is 6.03 Å². The molecule has 0 atom stereocenters. The summed E-state index contributed by atoms with van der Waals surface area (Å²) in [7, 11) is 3.14. The van der Waals surface area contributed by atoms with Crippen molar-refractivity contribution in [3.05, 3.63) is 48.5 Å². The van der Waals surface area contributed by atoms with Crippen molar-refractivity contribution in [1.29, 1.82) is 0 Å². The molecule has 1 saturated heterocycles. The maximum atomic E-state index is 12.6. The maximum absolute atomic E-state index is 12.6. The van der Waals surface area contributed by atoms with Gasteiger partial charge in [-0.3, -0.25) is 0 Å². The molecule has 2 amide bonds.